The maximum Gasteiger partial charge on any atom is 0.220 e. The molecule has 3 nitrogen and oxygen atoms in total. The van der Waals surface area contributed by atoms with Gasteiger partial charge in [-0.25, -0.2) is 0 Å². The first-order valence-corrected chi connectivity index (χ1v) is 7.92. The first-order valence-electron chi connectivity index (χ1n) is 7.92. The summed E-state index contributed by atoms with van der Waals surface area (Å²) < 4.78 is 0. The van der Waals surface area contributed by atoms with Crippen molar-refractivity contribution in [3.8, 4) is 6.07 Å². The van der Waals surface area contributed by atoms with Crippen molar-refractivity contribution < 1.29 is 9.69 Å². The molecule has 2 aromatic rings. The number of nitrogens with zero attached hydrogens (tertiary/aromatic N) is 1. The normalized spacial score (nSPS) is 27.8. The van der Waals surface area contributed by atoms with Crippen molar-refractivity contribution in [2.75, 3.05) is 0 Å². The summed E-state index contributed by atoms with van der Waals surface area (Å²) in [6.45, 7) is 0. The van der Waals surface area contributed by atoms with Crippen molar-refractivity contribution in [2.45, 2.75) is 18.5 Å². The van der Waals surface area contributed by atoms with Gasteiger partial charge in [0, 0.05) is 17.5 Å². The number of quaternary nitrogens is 1. The van der Waals surface area contributed by atoms with E-state index in [2.05, 4.69) is 30.5 Å². The third-order valence-corrected chi connectivity index (χ3v) is 4.98. The summed E-state index contributed by atoms with van der Waals surface area (Å²) in [6, 6.07) is 19.9. The molecule has 1 unspecified atom stereocenters. The molecule has 0 aliphatic carbocycles. The summed E-state index contributed by atoms with van der Waals surface area (Å²) in [6.07, 6.45) is 4.75. The zero-order valence-electron chi connectivity index (χ0n) is 12.6. The SMILES string of the molecule is N#C[C@H]1C[C@H](C(=O)c2ccccc2)[NH+]2C=Cc3ccccc3[C@H]12. The molecule has 0 saturated carbocycles. The van der Waals surface area contributed by atoms with E-state index in [-0.39, 0.29) is 23.8 Å². The van der Waals surface area contributed by atoms with Crippen molar-refractivity contribution in [1.82, 2.24) is 0 Å². The number of hydrogen-bond donors (Lipinski definition) is 1. The molecule has 0 bridgehead atoms. The number of nitrogens with one attached hydrogen (secondary N) is 1. The summed E-state index contributed by atoms with van der Waals surface area (Å²) in [5, 5.41) is 9.60. The van der Waals surface area contributed by atoms with E-state index < -0.39 is 0 Å². The number of benzene rings is 2. The second-order valence-electron chi connectivity index (χ2n) is 6.19. The number of carbonyl (C=O) groups excluding carboxylic acids is 1. The lowest BCUT2D eigenvalue weighted by Gasteiger charge is -2.27. The van der Waals surface area contributed by atoms with E-state index in [0.29, 0.717) is 6.42 Å². The lowest BCUT2D eigenvalue weighted by atomic mass is 9.89. The predicted octanol–water partition coefficient (Wildman–Crippen LogP) is 2.39. The quantitative estimate of drug-likeness (QED) is 0.866. The topological polar surface area (TPSA) is 45.3 Å². The van der Waals surface area contributed by atoms with Gasteiger partial charge in [0.2, 0.25) is 5.78 Å². The van der Waals surface area contributed by atoms with E-state index >= 15 is 0 Å². The molecule has 4 rings (SSSR count). The lowest BCUT2D eigenvalue weighted by Crippen LogP contribution is -3.11. The van der Waals surface area contributed by atoms with Crippen molar-refractivity contribution in [1.29, 1.82) is 5.26 Å². The van der Waals surface area contributed by atoms with Crippen LogP contribution in [-0.4, -0.2) is 11.8 Å². The van der Waals surface area contributed by atoms with Crippen LogP contribution in [0.15, 0.2) is 60.8 Å². The standard InChI is InChI=1S/C20H16N2O/c21-13-16-12-18(20(23)15-7-2-1-3-8-15)22-11-10-14-6-4-5-9-17(14)19(16)22/h1-11,16,18-19H,12H2/p+1/t16-,18-,19+/m1/s1. The van der Waals surface area contributed by atoms with Crippen LogP contribution in [0.5, 0.6) is 0 Å². The van der Waals surface area contributed by atoms with Gasteiger partial charge in [-0.2, -0.15) is 5.26 Å². The van der Waals surface area contributed by atoms with Crippen LogP contribution >= 0.6 is 0 Å². The van der Waals surface area contributed by atoms with Gasteiger partial charge in [-0.1, -0.05) is 54.6 Å². The van der Waals surface area contributed by atoms with Gasteiger partial charge in [-0.15, -0.1) is 0 Å². The zero-order chi connectivity index (χ0) is 15.8. The highest BCUT2D eigenvalue weighted by Gasteiger charge is 2.50. The van der Waals surface area contributed by atoms with Gasteiger partial charge < -0.3 is 0 Å². The average molecular weight is 301 g/mol. The molecule has 2 heterocycles. The van der Waals surface area contributed by atoms with Gasteiger partial charge in [-0.3, -0.25) is 9.69 Å². The van der Waals surface area contributed by atoms with Crippen LogP contribution < -0.4 is 4.90 Å². The molecule has 2 aliphatic rings. The molecule has 4 atom stereocenters. The van der Waals surface area contributed by atoms with Gasteiger partial charge >= 0.3 is 0 Å². The van der Waals surface area contributed by atoms with Gasteiger partial charge in [0.1, 0.15) is 12.0 Å². The molecule has 2 aromatic carbocycles. The highest BCUT2D eigenvalue weighted by molar-refractivity contribution is 5.99. The minimum absolute atomic E-state index is 0.0545. The number of nitriles is 1. The Morgan fingerprint density at radius 2 is 1.83 bits per heavy atom. The van der Waals surface area contributed by atoms with Crippen LogP contribution in [0.4, 0.5) is 0 Å². The fraction of sp³-hybridized carbons (Fsp3) is 0.200. The molecule has 3 heteroatoms. The molecule has 2 aliphatic heterocycles. The molecule has 0 spiro atoms. The second kappa shape index (κ2) is 5.49. The Morgan fingerprint density at radius 3 is 2.61 bits per heavy atom. The minimum atomic E-state index is -0.184. The fourth-order valence-corrected chi connectivity index (χ4v) is 3.91. The summed E-state index contributed by atoms with van der Waals surface area (Å²) >= 11 is 0. The van der Waals surface area contributed by atoms with Crippen LogP contribution in [0.2, 0.25) is 0 Å². The molecule has 1 N–H and O–H groups in total. The van der Waals surface area contributed by atoms with Crippen LogP contribution in [-0.2, 0) is 0 Å². The maximum atomic E-state index is 12.9. The summed E-state index contributed by atoms with van der Waals surface area (Å²) in [4.78, 5) is 14.0. The van der Waals surface area contributed by atoms with E-state index in [9.17, 15) is 10.1 Å². The first kappa shape index (κ1) is 13.9. The van der Waals surface area contributed by atoms with E-state index in [1.807, 2.05) is 42.5 Å². The van der Waals surface area contributed by atoms with Crippen molar-refractivity contribution in [3.05, 3.63) is 77.5 Å². The maximum absolute atomic E-state index is 12.9. The molecule has 1 saturated heterocycles. The molecule has 0 radical (unpaired) electrons. The van der Waals surface area contributed by atoms with Gasteiger partial charge in [0.25, 0.3) is 0 Å². The molecular weight excluding hydrogens is 284 g/mol. The predicted molar refractivity (Wildman–Crippen MR) is 87.5 cm³/mol. The van der Waals surface area contributed by atoms with Gasteiger partial charge in [-0.05, 0) is 11.6 Å². The summed E-state index contributed by atoms with van der Waals surface area (Å²) in [7, 11) is 0. The van der Waals surface area contributed by atoms with Crippen LogP contribution in [0.3, 0.4) is 0 Å². The van der Waals surface area contributed by atoms with Crippen LogP contribution in [0, 0.1) is 17.2 Å². The fourth-order valence-electron chi connectivity index (χ4n) is 3.91. The number of hydrogen-bond acceptors (Lipinski definition) is 2. The molecule has 0 aromatic heterocycles. The lowest BCUT2D eigenvalue weighted by molar-refractivity contribution is -0.883. The Balaban J connectivity index is 1.74. The Labute approximate surface area is 135 Å². The number of carbonyl (C=O) groups is 1. The monoisotopic (exact) mass is 301 g/mol. The Morgan fingerprint density at radius 1 is 1.09 bits per heavy atom. The zero-order valence-corrected chi connectivity index (χ0v) is 12.6. The number of rotatable bonds is 2. The highest BCUT2D eigenvalue weighted by atomic mass is 16.1. The van der Waals surface area contributed by atoms with Crippen LogP contribution in [0.1, 0.15) is 33.9 Å². The molecule has 23 heavy (non-hydrogen) atoms. The summed E-state index contributed by atoms with van der Waals surface area (Å²) in [5.41, 5.74) is 3.07. The number of ketones is 1. The van der Waals surface area contributed by atoms with Crippen LogP contribution in [0.25, 0.3) is 6.08 Å². The molecule has 112 valence electrons. The van der Waals surface area contributed by atoms with Gasteiger partial charge in [0.05, 0.1) is 12.3 Å². The molecule has 0 amide bonds. The minimum Gasteiger partial charge on any atom is -0.292 e. The molecular formula is C20H17N2O+. The van der Waals surface area contributed by atoms with E-state index in [4.69, 9.17) is 0 Å². The summed E-state index contributed by atoms with van der Waals surface area (Å²) in [5.74, 6) is 0.00106. The second-order valence-corrected chi connectivity index (χ2v) is 6.19. The van der Waals surface area contributed by atoms with E-state index in [0.717, 1.165) is 16.0 Å². The first-order chi connectivity index (χ1) is 11.3. The smallest absolute Gasteiger partial charge is 0.220 e. The third kappa shape index (κ3) is 2.19. The number of Topliss-reactive ketones (excluding diaryl/α,β-unsaturated/α-hetero) is 1. The van der Waals surface area contributed by atoms with Crippen molar-refractivity contribution in [3.63, 3.8) is 0 Å². The highest BCUT2D eigenvalue weighted by Crippen LogP contribution is 2.33. The third-order valence-electron chi connectivity index (χ3n) is 4.98. The van der Waals surface area contributed by atoms with Crippen molar-refractivity contribution >= 4 is 11.9 Å². The Kier molecular flexibility index (Phi) is 3.33. The largest absolute Gasteiger partial charge is 0.292 e. The Bertz CT molecular complexity index is 819. The molecule has 1 fully saturated rings. The average Bonchev–Trinajstić information content (AvgIpc) is 3.01. The van der Waals surface area contributed by atoms with E-state index in [1.165, 1.54) is 5.56 Å². The number of fused-ring (bicyclic) bond motifs is 3. The van der Waals surface area contributed by atoms with E-state index in [1.54, 1.807) is 0 Å². The Hall–Kier alpha value is -2.70. The van der Waals surface area contributed by atoms with Gasteiger partial charge in [0.15, 0.2) is 6.04 Å². The van der Waals surface area contributed by atoms with Crippen molar-refractivity contribution in [2.24, 2.45) is 5.92 Å².